The predicted molar refractivity (Wildman–Crippen MR) is 96.0 cm³/mol. The lowest BCUT2D eigenvalue weighted by molar-refractivity contribution is 0.0836. The van der Waals surface area contributed by atoms with Gasteiger partial charge in [0.2, 0.25) is 0 Å². The van der Waals surface area contributed by atoms with Crippen LogP contribution in [-0.4, -0.2) is 41.1 Å². The molecule has 1 saturated carbocycles. The third-order valence-corrected chi connectivity index (χ3v) is 6.34. The topological polar surface area (TPSA) is 52.0 Å². The summed E-state index contributed by atoms with van der Waals surface area (Å²) in [6.07, 6.45) is 5.89. The van der Waals surface area contributed by atoms with E-state index >= 15 is 0 Å². The van der Waals surface area contributed by atoms with Gasteiger partial charge in [0.05, 0.1) is 5.69 Å². The number of benzene rings is 1. The molecule has 1 aromatic heterocycles. The fourth-order valence-electron chi connectivity index (χ4n) is 4.64. The minimum Gasteiger partial charge on any atom is -0.381 e. The van der Waals surface area contributed by atoms with E-state index in [1.165, 1.54) is 25.1 Å². The van der Waals surface area contributed by atoms with Gasteiger partial charge in [0.25, 0.3) is 0 Å². The molecule has 1 N–H and O–H groups in total. The van der Waals surface area contributed by atoms with E-state index in [9.17, 15) is 0 Å². The SMILES string of the molecule is c1ccc(-n2nc(C3CCOCC3)nc2C2CC23CCNCC3)cc1. The summed E-state index contributed by atoms with van der Waals surface area (Å²) in [5.74, 6) is 3.23. The second-order valence-electron chi connectivity index (χ2n) is 7.83. The molecular formula is C20H26N4O. The van der Waals surface area contributed by atoms with Gasteiger partial charge in [-0.3, -0.25) is 0 Å². The molecule has 0 bridgehead atoms. The zero-order valence-electron chi connectivity index (χ0n) is 14.7. The van der Waals surface area contributed by atoms with E-state index in [2.05, 4.69) is 40.3 Å². The van der Waals surface area contributed by atoms with Crippen LogP contribution >= 0.6 is 0 Å². The number of hydrogen-bond donors (Lipinski definition) is 1. The molecule has 2 saturated heterocycles. The number of nitrogens with one attached hydrogen (secondary N) is 1. The van der Waals surface area contributed by atoms with E-state index in [1.807, 2.05) is 0 Å². The minimum absolute atomic E-state index is 0.445. The van der Waals surface area contributed by atoms with Gasteiger partial charge in [-0.25, -0.2) is 9.67 Å². The molecule has 0 amide bonds. The predicted octanol–water partition coefficient (Wildman–Crippen LogP) is 3.02. The van der Waals surface area contributed by atoms with Crippen LogP contribution in [0.2, 0.25) is 0 Å². The van der Waals surface area contributed by atoms with Crippen molar-refractivity contribution in [2.75, 3.05) is 26.3 Å². The Labute approximate surface area is 148 Å². The molecule has 1 unspecified atom stereocenters. The molecule has 1 aliphatic carbocycles. The van der Waals surface area contributed by atoms with Crippen LogP contribution in [0.4, 0.5) is 0 Å². The molecule has 1 aromatic carbocycles. The number of piperidine rings is 1. The lowest BCUT2D eigenvalue weighted by atomic mass is 9.91. The zero-order chi connectivity index (χ0) is 16.7. The van der Waals surface area contributed by atoms with E-state index < -0.39 is 0 Å². The first-order chi connectivity index (χ1) is 12.4. The number of rotatable bonds is 3. The van der Waals surface area contributed by atoms with Gasteiger partial charge in [0.1, 0.15) is 5.82 Å². The van der Waals surface area contributed by atoms with Crippen molar-refractivity contribution in [2.24, 2.45) is 5.41 Å². The van der Waals surface area contributed by atoms with Crippen LogP contribution < -0.4 is 5.32 Å². The van der Waals surface area contributed by atoms with Crippen molar-refractivity contribution in [1.29, 1.82) is 0 Å². The van der Waals surface area contributed by atoms with Crippen molar-refractivity contribution in [3.05, 3.63) is 42.0 Å². The van der Waals surface area contributed by atoms with Crippen LogP contribution in [0.1, 0.15) is 55.6 Å². The smallest absolute Gasteiger partial charge is 0.154 e. The molecule has 2 aromatic rings. The number of nitrogens with zero attached hydrogens (tertiary/aromatic N) is 3. The molecule has 25 heavy (non-hydrogen) atoms. The number of para-hydroxylation sites is 1. The average Bonchev–Trinajstić information content (AvgIpc) is 3.17. The highest BCUT2D eigenvalue weighted by Gasteiger charge is 2.57. The van der Waals surface area contributed by atoms with Crippen molar-refractivity contribution in [2.45, 2.75) is 43.9 Å². The van der Waals surface area contributed by atoms with E-state index in [4.69, 9.17) is 14.8 Å². The van der Waals surface area contributed by atoms with Crippen molar-refractivity contribution >= 4 is 0 Å². The molecule has 5 heteroatoms. The van der Waals surface area contributed by atoms with Crippen LogP contribution in [0.5, 0.6) is 0 Å². The summed E-state index contributed by atoms with van der Waals surface area (Å²) in [5.41, 5.74) is 1.61. The molecule has 3 heterocycles. The fourth-order valence-corrected chi connectivity index (χ4v) is 4.64. The summed E-state index contributed by atoms with van der Waals surface area (Å²) in [6.45, 7) is 3.95. The first-order valence-electron chi connectivity index (χ1n) is 9.66. The molecule has 5 nitrogen and oxygen atoms in total. The first kappa shape index (κ1) is 15.5. The van der Waals surface area contributed by atoms with Crippen molar-refractivity contribution in [3.8, 4) is 5.69 Å². The zero-order valence-corrected chi connectivity index (χ0v) is 14.7. The molecule has 3 aliphatic rings. The Morgan fingerprint density at radius 2 is 1.84 bits per heavy atom. The van der Waals surface area contributed by atoms with Gasteiger partial charge in [0, 0.05) is 25.0 Å². The number of ether oxygens (including phenoxy) is 1. The second-order valence-corrected chi connectivity index (χ2v) is 7.83. The Balaban J connectivity index is 1.51. The monoisotopic (exact) mass is 338 g/mol. The number of aromatic nitrogens is 3. The Bertz CT molecular complexity index is 729. The largest absolute Gasteiger partial charge is 0.381 e. The maximum atomic E-state index is 5.52. The Morgan fingerprint density at radius 1 is 1.08 bits per heavy atom. The van der Waals surface area contributed by atoms with Crippen LogP contribution in [0.25, 0.3) is 5.69 Å². The number of hydrogen-bond acceptors (Lipinski definition) is 4. The van der Waals surface area contributed by atoms with E-state index in [1.54, 1.807) is 0 Å². The van der Waals surface area contributed by atoms with E-state index in [0.717, 1.165) is 50.7 Å². The second kappa shape index (κ2) is 6.22. The third-order valence-electron chi connectivity index (χ3n) is 6.34. The highest BCUT2D eigenvalue weighted by atomic mass is 16.5. The highest BCUT2D eigenvalue weighted by Crippen LogP contribution is 2.64. The van der Waals surface area contributed by atoms with Crippen LogP contribution in [0.15, 0.2) is 30.3 Å². The molecule has 1 spiro atoms. The van der Waals surface area contributed by atoms with E-state index in [-0.39, 0.29) is 0 Å². The lowest BCUT2D eigenvalue weighted by Gasteiger charge is -2.23. The first-order valence-corrected chi connectivity index (χ1v) is 9.66. The highest BCUT2D eigenvalue weighted by molar-refractivity contribution is 5.34. The molecule has 0 radical (unpaired) electrons. The van der Waals surface area contributed by atoms with Gasteiger partial charge in [-0.1, -0.05) is 18.2 Å². The standard InChI is InChI=1S/C20H26N4O/c1-2-4-16(5-3-1)24-19(17-14-20(17)8-10-21-11-9-20)22-18(23-24)15-6-12-25-13-7-15/h1-5,15,17,21H,6-14H2. The summed E-state index contributed by atoms with van der Waals surface area (Å²) in [4.78, 5) is 5.10. The van der Waals surface area contributed by atoms with Crippen LogP contribution in [-0.2, 0) is 4.74 Å². The molecule has 132 valence electrons. The summed E-state index contributed by atoms with van der Waals surface area (Å²) in [6, 6.07) is 10.5. The van der Waals surface area contributed by atoms with Crippen molar-refractivity contribution < 1.29 is 4.74 Å². The summed E-state index contributed by atoms with van der Waals surface area (Å²) in [5, 5.41) is 8.48. The Morgan fingerprint density at radius 3 is 2.60 bits per heavy atom. The van der Waals surface area contributed by atoms with Crippen LogP contribution in [0.3, 0.4) is 0 Å². The molecule has 5 rings (SSSR count). The quantitative estimate of drug-likeness (QED) is 0.935. The average molecular weight is 338 g/mol. The minimum atomic E-state index is 0.445. The third kappa shape index (κ3) is 2.79. The molecule has 3 fully saturated rings. The van der Waals surface area contributed by atoms with Crippen LogP contribution in [0, 0.1) is 5.41 Å². The van der Waals surface area contributed by atoms with Crippen molar-refractivity contribution in [3.63, 3.8) is 0 Å². The molecule has 1 atom stereocenters. The molecule has 2 aliphatic heterocycles. The lowest BCUT2D eigenvalue weighted by Crippen LogP contribution is -2.29. The van der Waals surface area contributed by atoms with Gasteiger partial charge in [-0.15, -0.1) is 0 Å². The summed E-state index contributed by atoms with van der Waals surface area (Å²) >= 11 is 0. The molecular weight excluding hydrogens is 312 g/mol. The van der Waals surface area contributed by atoms with Gasteiger partial charge in [-0.05, 0) is 62.7 Å². The Hall–Kier alpha value is -1.72. The van der Waals surface area contributed by atoms with Gasteiger partial charge in [-0.2, -0.15) is 5.10 Å². The van der Waals surface area contributed by atoms with Crippen molar-refractivity contribution in [1.82, 2.24) is 20.1 Å². The normalized spacial score (nSPS) is 26.0. The van der Waals surface area contributed by atoms with Gasteiger partial charge >= 0.3 is 0 Å². The maximum absolute atomic E-state index is 5.52. The maximum Gasteiger partial charge on any atom is 0.154 e. The van der Waals surface area contributed by atoms with E-state index in [0.29, 0.717) is 17.3 Å². The Kier molecular flexibility index (Phi) is 3.86. The van der Waals surface area contributed by atoms with Gasteiger partial charge < -0.3 is 10.1 Å². The fraction of sp³-hybridized carbons (Fsp3) is 0.600. The van der Waals surface area contributed by atoms with Gasteiger partial charge in [0.15, 0.2) is 5.82 Å². The summed E-state index contributed by atoms with van der Waals surface area (Å²) < 4.78 is 7.65. The summed E-state index contributed by atoms with van der Waals surface area (Å²) in [7, 11) is 0.